The van der Waals surface area contributed by atoms with E-state index in [1.54, 1.807) is 0 Å². The number of amides is 1. The minimum Gasteiger partial charge on any atom is -1.00 e. The second kappa shape index (κ2) is 5.46. The van der Waals surface area contributed by atoms with Gasteiger partial charge in [0.25, 0.3) is 0 Å². The summed E-state index contributed by atoms with van der Waals surface area (Å²) in [5.74, 6) is -0.0384. The largest absolute Gasteiger partial charge is 1.00 e. The van der Waals surface area contributed by atoms with Gasteiger partial charge in [-0.1, -0.05) is 6.07 Å². The van der Waals surface area contributed by atoms with Crippen LogP contribution >= 0.6 is 0 Å². The average Bonchev–Trinajstić information content (AvgIpc) is 2.01. The third-order valence-electron chi connectivity index (χ3n) is 1.94. The van der Waals surface area contributed by atoms with Crippen LogP contribution in [0.1, 0.15) is 6.92 Å². The molecular weight excluding hydrogens is 303 g/mol. The molecule has 0 heterocycles. The Morgan fingerprint density at radius 2 is 1.87 bits per heavy atom. The van der Waals surface area contributed by atoms with Gasteiger partial charge in [0.15, 0.2) is 0 Å². The lowest BCUT2D eigenvalue weighted by atomic mass is 10.2. The standard InChI is InChI=1S/C11H16N2O.HI/c1-9(14)12-10-6-5-7-11(8-10)13(2,3)4;/h5-8H,1-4H3;1H. The zero-order chi connectivity index (χ0) is 10.8. The highest BCUT2D eigenvalue weighted by atomic mass is 127. The smallest absolute Gasteiger partial charge is 0.221 e. The predicted octanol–water partition coefficient (Wildman–Crippen LogP) is -1.15. The first kappa shape index (κ1) is 14.4. The van der Waals surface area contributed by atoms with Gasteiger partial charge in [-0.2, -0.15) is 0 Å². The molecule has 0 atom stereocenters. The third kappa shape index (κ3) is 4.61. The Morgan fingerprint density at radius 3 is 2.33 bits per heavy atom. The second-order valence-corrected chi connectivity index (χ2v) is 4.24. The number of halogens is 1. The van der Waals surface area contributed by atoms with Crippen LogP contribution in [-0.4, -0.2) is 27.1 Å². The first-order chi connectivity index (χ1) is 6.39. The molecule has 0 aliphatic carbocycles. The van der Waals surface area contributed by atoms with Crippen molar-refractivity contribution in [2.24, 2.45) is 0 Å². The maximum atomic E-state index is 10.9. The van der Waals surface area contributed by atoms with Crippen molar-refractivity contribution >= 4 is 17.3 Å². The van der Waals surface area contributed by atoms with E-state index in [1.165, 1.54) is 6.92 Å². The van der Waals surface area contributed by atoms with Crippen LogP contribution in [-0.2, 0) is 4.79 Å². The van der Waals surface area contributed by atoms with Gasteiger partial charge in [0.2, 0.25) is 5.91 Å². The van der Waals surface area contributed by atoms with Gasteiger partial charge in [0.1, 0.15) is 5.69 Å². The first-order valence-corrected chi connectivity index (χ1v) is 4.59. The Bertz CT molecular complexity index is 345. The van der Waals surface area contributed by atoms with Crippen molar-refractivity contribution in [2.45, 2.75) is 6.92 Å². The van der Waals surface area contributed by atoms with Crippen molar-refractivity contribution in [1.29, 1.82) is 0 Å². The van der Waals surface area contributed by atoms with Crippen molar-refractivity contribution < 1.29 is 28.8 Å². The van der Waals surface area contributed by atoms with Crippen LogP contribution in [0.5, 0.6) is 0 Å². The van der Waals surface area contributed by atoms with Crippen LogP contribution in [0.3, 0.4) is 0 Å². The normalized spacial score (nSPS) is 10.4. The summed E-state index contributed by atoms with van der Waals surface area (Å²) < 4.78 is 0.743. The number of benzene rings is 1. The highest BCUT2D eigenvalue weighted by molar-refractivity contribution is 5.89. The first-order valence-electron chi connectivity index (χ1n) is 4.59. The SMILES string of the molecule is CC(=O)Nc1cccc([N+](C)(C)C)c1.[I-]. The fourth-order valence-corrected chi connectivity index (χ4v) is 1.20. The average molecular weight is 320 g/mol. The van der Waals surface area contributed by atoms with E-state index in [-0.39, 0.29) is 29.9 Å². The van der Waals surface area contributed by atoms with E-state index in [1.807, 2.05) is 24.3 Å². The molecule has 0 radical (unpaired) electrons. The van der Waals surface area contributed by atoms with E-state index in [0.717, 1.165) is 15.9 Å². The quantitative estimate of drug-likeness (QED) is 0.541. The number of hydrogen-bond acceptors (Lipinski definition) is 1. The van der Waals surface area contributed by atoms with Crippen LogP contribution in [0.4, 0.5) is 11.4 Å². The second-order valence-electron chi connectivity index (χ2n) is 4.24. The fourth-order valence-electron chi connectivity index (χ4n) is 1.20. The molecule has 1 rings (SSSR count). The molecule has 0 unspecified atom stereocenters. The van der Waals surface area contributed by atoms with Gasteiger partial charge in [0.05, 0.1) is 21.1 Å². The molecule has 0 aliphatic rings. The number of nitrogens with zero attached hydrogens (tertiary/aromatic N) is 1. The molecule has 15 heavy (non-hydrogen) atoms. The molecule has 1 aromatic carbocycles. The molecule has 0 saturated carbocycles. The van der Waals surface area contributed by atoms with Gasteiger partial charge in [-0.3, -0.25) is 9.28 Å². The van der Waals surface area contributed by atoms with Gasteiger partial charge in [-0.15, -0.1) is 0 Å². The zero-order valence-corrected chi connectivity index (χ0v) is 11.7. The van der Waals surface area contributed by atoms with E-state index in [0.29, 0.717) is 0 Å². The summed E-state index contributed by atoms with van der Waals surface area (Å²) in [7, 11) is 6.27. The lowest BCUT2D eigenvalue weighted by Gasteiger charge is -2.23. The third-order valence-corrected chi connectivity index (χ3v) is 1.94. The maximum absolute atomic E-state index is 10.9. The molecule has 0 bridgehead atoms. The summed E-state index contributed by atoms with van der Waals surface area (Å²) in [6.07, 6.45) is 0. The number of quaternary nitrogens is 1. The fraction of sp³-hybridized carbons (Fsp3) is 0.364. The number of rotatable bonds is 2. The van der Waals surface area contributed by atoms with E-state index in [4.69, 9.17) is 0 Å². The van der Waals surface area contributed by atoms with E-state index in [9.17, 15) is 4.79 Å². The number of hydrogen-bond donors (Lipinski definition) is 1. The maximum Gasteiger partial charge on any atom is 0.221 e. The molecule has 4 heteroatoms. The van der Waals surface area contributed by atoms with Gasteiger partial charge in [0, 0.05) is 18.7 Å². The van der Waals surface area contributed by atoms with Gasteiger partial charge >= 0.3 is 0 Å². The van der Waals surface area contributed by atoms with E-state index in [2.05, 4.69) is 26.5 Å². The highest BCUT2D eigenvalue weighted by Crippen LogP contribution is 2.20. The van der Waals surface area contributed by atoms with E-state index < -0.39 is 0 Å². The molecule has 3 nitrogen and oxygen atoms in total. The van der Waals surface area contributed by atoms with Crippen LogP contribution in [0.2, 0.25) is 0 Å². The topological polar surface area (TPSA) is 29.1 Å². The minimum absolute atomic E-state index is 0. The number of carbonyl (C=O) groups excluding carboxylic acids is 1. The Morgan fingerprint density at radius 1 is 1.27 bits per heavy atom. The monoisotopic (exact) mass is 320 g/mol. The van der Waals surface area contributed by atoms with Crippen molar-refractivity contribution in [3.8, 4) is 0 Å². The Kier molecular flexibility index (Phi) is 5.23. The van der Waals surface area contributed by atoms with Gasteiger partial charge in [-0.05, 0) is 12.1 Å². The summed E-state index contributed by atoms with van der Waals surface area (Å²) in [4.78, 5) is 10.9. The molecule has 1 N–H and O–H groups in total. The molecule has 0 aliphatic heterocycles. The lowest BCUT2D eigenvalue weighted by molar-refractivity contribution is -0.114. The lowest BCUT2D eigenvalue weighted by Crippen LogP contribution is -3.00. The molecular formula is C11H17IN2O. The summed E-state index contributed by atoms with van der Waals surface area (Å²) in [5, 5.41) is 2.77. The van der Waals surface area contributed by atoms with Crippen LogP contribution in [0.15, 0.2) is 24.3 Å². The van der Waals surface area contributed by atoms with Crippen molar-refractivity contribution in [3.63, 3.8) is 0 Å². The van der Waals surface area contributed by atoms with Crippen LogP contribution in [0, 0.1) is 0 Å². The predicted molar refractivity (Wildman–Crippen MR) is 60.3 cm³/mol. The molecule has 0 saturated heterocycles. The molecule has 0 spiro atoms. The highest BCUT2D eigenvalue weighted by Gasteiger charge is 2.11. The van der Waals surface area contributed by atoms with Crippen LogP contribution < -0.4 is 33.8 Å². The van der Waals surface area contributed by atoms with E-state index >= 15 is 0 Å². The zero-order valence-electron chi connectivity index (χ0n) is 9.54. The molecule has 0 aromatic heterocycles. The summed E-state index contributed by atoms with van der Waals surface area (Å²) >= 11 is 0. The molecule has 0 fully saturated rings. The summed E-state index contributed by atoms with van der Waals surface area (Å²) in [6.45, 7) is 1.51. The Hall–Kier alpha value is -0.620. The Balaban J connectivity index is 0.00000196. The van der Waals surface area contributed by atoms with Gasteiger partial charge in [-0.25, -0.2) is 0 Å². The van der Waals surface area contributed by atoms with Crippen molar-refractivity contribution in [2.75, 3.05) is 26.5 Å². The molecule has 1 aromatic rings. The number of nitrogens with one attached hydrogen (secondary N) is 1. The van der Waals surface area contributed by atoms with Gasteiger partial charge < -0.3 is 29.3 Å². The minimum atomic E-state index is -0.0384. The van der Waals surface area contributed by atoms with Crippen molar-refractivity contribution in [3.05, 3.63) is 24.3 Å². The summed E-state index contributed by atoms with van der Waals surface area (Å²) in [5.41, 5.74) is 2.01. The van der Waals surface area contributed by atoms with Crippen molar-refractivity contribution in [1.82, 2.24) is 4.48 Å². The molecule has 1 amide bonds. The Labute approximate surface area is 108 Å². The summed E-state index contributed by atoms with van der Waals surface area (Å²) in [6, 6.07) is 7.87. The number of carbonyl (C=O) groups is 1. The number of anilines is 1. The molecule has 84 valence electrons. The van der Waals surface area contributed by atoms with Crippen LogP contribution in [0.25, 0.3) is 0 Å².